The number of H-pyrrole nitrogens is 1. The Morgan fingerprint density at radius 1 is 1.69 bits per heavy atom. The molecule has 1 aromatic rings. The SMILES string of the molecule is CCCCNC(=O)O.c1c[nH]cn1. The molecule has 3 N–H and O–H groups in total. The molecular formula is C8H15N3O2. The molecule has 0 spiro atoms. The molecule has 0 aliphatic heterocycles. The van der Waals surface area contributed by atoms with Crippen LogP contribution in [0.4, 0.5) is 4.79 Å². The van der Waals surface area contributed by atoms with Gasteiger partial charge in [-0.15, -0.1) is 0 Å². The number of nitrogens with zero attached hydrogens (tertiary/aromatic N) is 1. The van der Waals surface area contributed by atoms with Crippen molar-refractivity contribution in [1.29, 1.82) is 0 Å². The van der Waals surface area contributed by atoms with Crippen molar-refractivity contribution in [2.75, 3.05) is 6.54 Å². The summed E-state index contributed by atoms with van der Waals surface area (Å²) in [5.74, 6) is 0. The van der Waals surface area contributed by atoms with E-state index in [1.807, 2.05) is 6.92 Å². The number of carbonyl (C=O) groups is 1. The van der Waals surface area contributed by atoms with Crippen molar-refractivity contribution < 1.29 is 9.90 Å². The molecule has 5 nitrogen and oxygen atoms in total. The summed E-state index contributed by atoms with van der Waals surface area (Å²) >= 11 is 0. The summed E-state index contributed by atoms with van der Waals surface area (Å²) in [5, 5.41) is 10.3. The van der Waals surface area contributed by atoms with Crippen molar-refractivity contribution in [3.05, 3.63) is 18.7 Å². The molecule has 0 fully saturated rings. The Kier molecular flexibility index (Phi) is 7.57. The van der Waals surface area contributed by atoms with Gasteiger partial charge in [0, 0.05) is 18.9 Å². The molecule has 0 saturated carbocycles. The second-order valence-electron chi connectivity index (χ2n) is 2.35. The fourth-order valence-electron chi connectivity index (χ4n) is 0.587. The minimum atomic E-state index is -0.932. The highest BCUT2D eigenvalue weighted by Gasteiger charge is 1.88. The number of hydrogen-bond donors (Lipinski definition) is 3. The predicted octanol–water partition coefficient (Wildman–Crippen LogP) is 1.46. The number of aromatic nitrogens is 2. The molecule has 5 heteroatoms. The topological polar surface area (TPSA) is 78.0 Å². The van der Waals surface area contributed by atoms with Crippen LogP contribution in [0.3, 0.4) is 0 Å². The molecule has 74 valence electrons. The zero-order valence-electron chi connectivity index (χ0n) is 7.66. The van der Waals surface area contributed by atoms with Crippen molar-refractivity contribution in [3.63, 3.8) is 0 Å². The first-order valence-corrected chi connectivity index (χ1v) is 4.17. The lowest BCUT2D eigenvalue weighted by molar-refractivity contribution is 0.194. The number of hydrogen-bond acceptors (Lipinski definition) is 2. The molecule has 0 saturated heterocycles. The van der Waals surface area contributed by atoms with Gasteiger partial charge in [0.1, 0.15) is 0 Å². The van der Waals surface area contributed by atoms with Gasteiger partial charge in [-0.1, -0.05) is 13.3 Å². The number of rotatable bonds is 3. The Morgan fingerprint density at radius 2 is 2.46 bits per heavy atom. The van der Waals surface area contributed by atoms with Gasteiger partial charge in [0.25, 0.3) is 0 Å². The van der Waals surface area contributed by atoms with Crippen LogP contribution in [0.15, 0.2) is 18.7 Å². The van der Waals surface area contributed by atoms with Crippen LogP contribution in [0.25, 0.3) is 0 Å². The normalized spacial score (nSPS) is 8.38. The molecule has 0 radical (unpaired) electrons. The zero-order chi connectivity index (χ0) is 9.94. The highest BCUT2D eigenvalue weighted by molar-refractivity contribution is 5.64. The Bertz CT molecular complexity index is 182. The molecule has 0 unspecified atom stereocenters. The Morgan fingerprint density at radius 3 is 2.77 bits per heavy atom. The van der Waals surface area contributed by atoms with Crippen molar-refractivity contribution in [1.82, 2.24) is 15.3 Å². The van der Waals surface area contributed by atoms with E-state index in [-0.39, 0.29) is 0 Å². The average Bonchev–Trinajstić information content (AvgIpc) is 2.61. The van der Waals surface area contributed by atoms with Gasteiger partial charge in [-0.3, -0.25) is 0 Å². The first-order valence-electron chi connectivity index (χ1n) is 4.17. The lowest BCUT2D eigenvalue weighted by Crippen LogP contribution is -2.21. The fourth-order valence-corrected chi connectivity index (χ4v) is 0.587. The summed E-state index contributed by atoms with van der Waals surface area (Å²) in [4.78, 5) is 16.2. The van der Waals surface area contributed by atoms with Crippen molar-refractivity contribution in [3.8, 4) is 0 Å². The van der Waals surface area contributed by atoms with E-state index < -0.39 is 6.09 Å². The molecule has 1 aromatic heterocycles. The van der Waals surface area contributed by atoms with E-state index >= 15 is 0 Å². The van der Waals surface area contributed by atoms with Gasteiger partial charge >= 0.3 is 6.09 Å². The quantitative estimate of drug-likeness (QED) is 0.624. The predicted molar refractivity (Wildman–Crippen MR) is 49.5 cm³/mol. The lowest BCUT2D eigenvalue weighted by atomic mass is 10.3. The monoisotopic (exact) mass is 185 g/mol. The molecule has 1 heterocycles. The van der Waals surface area contributed by atoms with Crippen LogP contribution in [-0.4, -0.2) is 27.7 Å². The van der Waals surface area contributed by atoms with Gasteiger partial charge in [0.05, 0.1) is 6.33 Å². The molecule has 0 aliphatic carbocycles. The second kappa shape index (κ2) is 8.58. The molecule has 0 aliphatic rings. The van der Waals surface area contributed by atoms with E-state index in [4.69, 9.17) is 5.11 Å². The first kappa shape index (κ1) is 11.5. The van der Waals surface area contributed by atoms with E-state index in [1.54, 1.807) is 18.7 Å². The van der Waals surface area contributed by atoms with Crippen LogP contribution in [0.1, 0.15) is 19.8 Å². The number of aromatic amines is 1. The average molecular weight is 185 g/mol. The van der Waals surface area contributed by atoms with E-state index in [9.17, 15) is 4.79 Å². The van der Waals surface area contributed by atoms with Crippen LogP contribution >= 0.6 is 0 Å². The fraction of sp³-hybridized carbons (Fsp3) is 0.500. The third kappa shape index (κ3) is 10.5. The van der Waals surface area contributed by atoms with Crippen LogP contribution in [-0.2, 0) is 0 Å². The van der Waals surface area contributed by atoms with Gasteiger partial charge in [0.2, 0.25) is 0 Å². The van der Waals surface area contributed by atoms with Crippen molar-refractivity contribution >= 4 is 6.09 Å². The first-order chi connectivity index (χ1) is 6.27. The molecule has 0 bridgehead atoms. The summed E-state index contributed by atoms with van der Waals surface area (Å²) in [6.07, 6.45) is 6.10. The molecular weight excluding hydrogens is 170 g/mol. The highest BCUT2D eigenvalue weighted by atomic mass is 16.4. The van der Waals surface area contributed by atoms with Crippen LogP contribution < -0.4 is 5.32 Å². The standard InChI is InChI=1S/C5H11NO2.C3H4N2/c1-2-3-4-6-5(7)8;1-2-5-3-4-1/h6H,2-4H2,1H3,(H,7,8);1-3H,(H,4,5). The van der Waals surface area contributed by atoms with Crippen LogP contribution in [0.5, 0.6) is 0 Å². The molecule has 1 amide bonds. The molecule has 13 heavy (non-hydrogen) atoms. The van der Waals surface area contributed by atoms with E-state index in [1.165, 1.54) is 0 Å². The summed E-state index contributed by atoms with van der Waals surface area (Å²) in [6.45, 7) is 2.59. The van der Waals surface area contributed by atoms with E-state index in [2.05, 4.69) is 15.3 Å². The largest absolute Gasteiger partial charge is 0.465 e. The Hall–Kier alpha value is -1.52. The van der Waals surface area contributed by atoms with Gasteiger partial charge in [-0.05, 0) is 6.42 Å². The number of nitrogens with one attached hydrogen (secondary N) is 2. The van der Waals surface area contributed by atoms with Gasteiger partial charge in [-0.2, -0.15) is 0 Å². The third-order valence-electron chi connectivity index (χ3n) is 1.21. The van der Waals surface area contributed by atoms with Gasteiger partial charge in [0.15, 0.2) is 0 Å². The van der Waals surface area contributed by atoms with Gasteiger partial charge in [-0.25, -0.2) is 9.78 Å². The minimum absolute atomic E-state index is 0.575. The maximum absolute atomic E-state index is 9.76. The third-order valence-corrected chi connectivity index (χ3v) is 1.21. The molecule has 0 aromatic carbocycles. The lowest BCUT2D eigenvalue weighted by Gasteiger charge is -1.94. The summed E-state index contributed by atoms with van der Waals surface area (Å²) in [7, 11) is 0. The second-order valence-corrected chi connectivity index (χ2v) is 2.35. The number of amides is 1. The highest BCUT2D eigenvalue weighted by Crippen LogP contribution is 1.80. The molecule has 0 atom stereocenters. The van der Waals surface area contributed by atoms with Crippen LogP contribution in [0.2, 0.25) is 0 Å². The summed E-state index contributed by atoms with van der Waals surface area (Å²) in [6, 6.07) is 0. The van der Waals surface area contributed by atoms with E-state index in [0.717, 1.165) is 12.8 Å². The Balaban J connectivity index is 0.000000243. The number of carboxylic acid groups (broad SMARTS) is 1. The molecule has 1 rings (SSSR count). The van der Waals surface area contributed by atoms with Crippen LogP contribution in [0, 0.1) is 0 Å². The number of unbranched alkanes of at least 4 members (excludes halogenated alkanes) is 1. The summed E-state index contributed by atoms with van der Waals surface area (Å²) in [5.41, 5.74) is 0. The number of imidazole rings is 1. The van der Waals surface area contributed by atoms with Gasteiger partial charge < -0.3 is 15.4 Å². The van der Waals surface area contributed by atoms with Crippen molar-refractivity contribution in [2.45, 2.75) is 19.8 Å². The summed E-state index contributed by atoms with van der Waals surface area (Å²) < 4.78 is 0. The smallest absolute Gasteiger partial charge is 0.404 e. The maximum atomic E-state index is 9.76. The maximum Gasteiger partial charge on any atom is 0.404 e. The van der Waals surface area contributed by atoms with E-state index in [0.29, 0.717) is 6.54 Å². The zero-order valence-corrected chi connectivity index (χ0v) is 7.66. The minimum Gasteiger partial charge on any atom is -0.465 e. The van der Waals surface area contributed by atoms with Crippen molar-refractivity contribution in [2.24, 2.45) is 0 Å². The Labute approximate surface area is 77.2 Å².